The monoisotopic (exact) mass is 400 g/mol. The smallest absolute Gasteiger partial charge is 0.416 e. The number of aromatic nitrogens is 1. The number of nitrogens with zero attached hydrogens (tertiary/aromatic N) is 2. The molecule has 0 saturated heterocycles. The van der Waals surface area contributed by atoms with Crippen molar-refractivity contribution in [3.63, 3.8) is 0 Å². The number of fused-ring (bicyclic) bond motifs is 1. The molecule has 28 heavy (non-hydrogen) atoms. The summed E-state index contributed by atoms with van der Waals surface area (Å²) in [4.78, 5) is 28.9. The van der Waals surface area contributed by atoms with Crippen molar-refractivity contribution in [3.05, 3.63) is 53.0 Å². The molecule has 3 rings (SSSR count). The summed E-state index contributed by atoms with van der Waals surface area (Å²) in [6.07, 6.45) is -0.618. The predicted molar refractivity (Wildman–Crippen MR) is 107 cm³/mol. The lowest BCUT2D eigenvalue weighted by atomic mass is 10.2. The summed E-state index contributed by atoms with van der Waals surface area (Å²) in [7, 11) is 1.27. The van der Waals surface area contributed by atoms with E-state index in [1.54, 1.807) is 23.5 Å². The third kappa shape index (κ3) is 4.58. The van der Waals surface area contributed by atoms with Gasteiger partial charge in [-0.1, -0.05) is 12.1 Å². The van der Waals surface area contributed by atoms with Gasteiger partial charge in [0.25, 0.3) is 0 Å². The first-order valence-corrected chi connectivity index (χ1v) is 9.36. The number of carbonyl (C=O) groups is 2. The summed E-state index contributed by atoms with van der Waals surface area (Å²) in [5.74, 6) is 0.167. The number of carbonyl (C=O) groups excluding carboxylic acids is 2. The summed E-state index contributed by atoms with van der Waals surface area (Å²) >= 11 is 1.59. The Balaban J connectivity index is 1.72. The molecule has 0 atom stereocenters. The number of aryl methyl sites for hydroxylation is 1. The molecule has 1 aromatic heterocycles. The molecule has 0 aliphatic rings. The fourth-order valence-corrected chi connectivity index (χ4v) is 3.51. The Labute approximate surface area is 166 Å². The molecule has 0 unspecified atom stereocenters. The molecule has 0 radical (unpaired) electrons. The van der Waals surface area contributed by atoms with Gasteiger partial charge in [0, 0.05) is 6.92 Å². The maximum absolute atomic E-state index is 12.0. The Kier molecular flexibility index (Phi) is 6.10. The fourth-order valence-electron chi connectivity index (χ4n) is 2.63. The van der Waals surface area contributed by atoms with E-state index in [-0.39, 0.29) is 6.73 Å². The summed E-state index contributed by atoms with van der Waals surface area (Å²) in [6.45, 7) is 3.24. The molecule has 7 nitrogen and oxygen atoms in total. The number of thiazole rings is 1. The van der Waals surface area contributed by atoms with Crippen LogP contribution in [-0.2, 0) is 20.9 Å². The van der Waals surface area contributed by atoms with Crippen LogP contribution in [-0.4, -0.2) is 30.9 Å². The lowest BCUT2D eigenvalue weighted by Crippen LogP contribution is -2.34. The molecular formula is C20H20N2O5S. The van der Waals surface area contributed by atoms with Crippen molar-refractivity contribution in [2.45, 2.75) is 20.5 Å². The molecule has 0 N–H and O–H groups in total. The highest BCUT2D eigenvalue weighted by Crippen LogP contribution is 2.27. The second-order valence-electron chi connectivity index (χ2n) is 5.98. The summed E-state index contributed by atoms with van der Waals surface area (Å²) in [5, 5.41) is 0.883. The molecule has 0 spiro atoms. The summed E-state index contributed by atoms with van der Waals surface area (Å²) in [6, 6.07) is 13.2. The maximum atomic E-state index is 12.0. The highest BCUT2D eigenvalue weighted by molar-refractivity contribution is 7.18. The minimum absolute atomic E-state index is 0.227. The zero-order valence-electron chi connectivity index (χ0n) is 15.8. The van der Waals surface area contributed by atoms with Gasteiger partial charge in [0.05, 0.1) is 23.0 Å². The molecule has 3 aromatic rings. The normalized spacial score (nSPS) is 10.5. The molecule has 0 aliphatic carbocycles. The van der Waals surface area contributed by atoms with Gasteiger partial charge in [-0.05, 0) is 42.8 Å². The fraction of sp³-hybridized carbons (Fsp3) is 0.250. The number of anilines is 1. The number of rotatable bonds is 6. The largest absolute Gasteiger partial charge is 0.486 e. The van der Waals surface area contributed by atoms with Crippen molar-refractivity contribution in [1.82, 2.24) is 4.98 Å². The lowest BCUT2D eigenvalue weighted by molar-refractivity contribution is -0.140. The van der Waals surface area contributed by atoms with Gasteiger partial charge in [0.15, 0.2) is 6.73 Å². The Morgan fingerprint density at radius 2 is 1.96 bits per heavy atom. The van der Waals surface area contributed by atoms with E-state index in [0.29, 0.717) is 18.0 Å². The zero-order valence-corrected chi connectivity index (χ0v) is 16.6. The van der Waals surface area contributed by atoms with E-state index in [1.807, 2.05) is 37.3 Å². The van der Waals surface area contributed by atoms with E-state index >= 15 is 0 Å². The third-order valence-electron chi connectivity index (χ3n) is 3.95. The van der Waals surface area contributed by atoms with E-state index in [1.165, 1.54) is 18.9 Å². The van der Waals surface area contributed by atoms with Crippen molar-refractivity contribution in [1.29, 1.82) is 0 Å². The van der Waals surface area contributed by atoms with Crippen LogP contribution in [0.4, 0.5) is 10.5 Å². The standard InChI is InChI=1S/C20H20N2O5S/c1-13-10-15(26-11-19-21-16-6-4-5-7-18(16)28-19)8-9-17(13)22(20(24)25-3)12-27-14(2)23/h4-10H,11-12H2,1-3H3. The molecule has 0 bridgehead atoms. The number of para-hydroxylation sites is 1. The van der Waals surface area contributed by atoms with Gasteiger partial charge in [-0.25, -0.2) is 14.7 Å². The Morgan fingerprint density at radius 3 is 2.64 bits per heavy atom. The van der Waals surface area contributed by atoms with Gasteiger partial charge >= 0.3 is 12.1 Å². The summed E-state index contributed by atoms with van der Waals surface area (Å²) in [5.41, 5.74) is 2.30. The van der Waals surface area contributed by atoms with E-state index in [4.69, 9.17) is 14.2 Å². The number of hydrogen-bond acceptors (Lipinski definition) is 7. The molecule has 0 aliphatic heterocycles. The average Bonchev–Trinajstić information content (AvgIpc) is 3.10. The second-order valence-corrected chi connectivity index (χ2v) is 7.09. The average molecular weight is 400 g/mol. The van der Waals surface area contributed by atoms with Gasteiger partial charge in [-0.15, -0.1) is 11.3 Å². The summed E-state index contributed by atoms with van der Waals surface area (Å²) < 4.78 is 16.7. The third-order valence-corrected chi connectivity index (χ3v) is 4.96. The Bertz CT molecular complexity index is 968. The van der Waals surface area contributed by atoms with Crippen molar-refractivity contribution in [2.75, 3.05) is 18.7 Å². The Morgan fingerprint density at radius 1 is 1.18 bits per heavy atom. The van der Waals surface area contributed by atoms with Gasteiger partial charge < -0.3 is 14.2 Å². The van der Waals surface area contributed by atoms with Crippen molar-refractivity contribution in [3.8, 4) is 5.75 Å². The van der Waals surface area contributed by atoms with E-state index < -0.39 is 12.1 Å². The van der Waals surface area contributed by atoms with Crippen LogP contribution in [0.5, 0.6) is 5.75 Å². The van der Waals surface area contributed by atoms with Crippen LogP contribution in [0.25, 0.3) is 10.2 Å². The lowest BCUT2D eigenvalue weighted by Gasteiger charge is -2.22. The van der Waals surface area contributed by atoms with Crippen LogP contribution in [0.2, 0.25) is 0 Å². The molecule has 1 heterocycles. The predicted octanol–water partition coefficient (Wildman–Crippen LogP) is 4.28. The maximum Gasteiger partial charge on any atom is 0.416 e. The number of hydrogen-bond donors (Lipinski definition) is 0. The molecular weight excluding hydrogens is 380 g/mol. The van der Waals surface area contributed by atoms with Gasteiger partial charge in [0.2, 0.25) is 0 Å². The zero-order chi connectivity index (χ0) is 20.1. The van der Waals surface area contributed by atoms with Crippen LogP contribution in [0.1, 0.15) is 17.5 Å². The minimum atomic E-state index is -0.618. The van der Waals surface area contributed by atoms with Crippen LogP contribution in [0.3, 0.4) is 0 Å². The van der Waals surface area contributed by atoms with Crippen LogP contribution in [0.15, 0.2) is 42.5 Å². The SMILES string of the molecule is COC(=O)N(COC(C)=O)c1ccc(OCc2nc3ccccc3s2)cc1C. The number of methoxy groups -OCH3 is 1. The van der Waals surface area contributed by atoms with E-state index in [9.17, 15) is 9.59 Å². The molecule has 1 amide bonds. The number of benzene rings is 2. The quantitative estimate of drug-likeness (QED) is 0.454. The first-order valence-electron chi connectivity index (χ1n) is 8.54. The minimum Gasteiger partial charge on any atom is -0.486 e. The topological polar surface area (TPSA) is 78.0 Å². The van der Waals surface area contributed by atoms with Crippen molar-refractivity contribution < 1.29 is 23.8 Å². The molecule has 146 valence electrons. The van der Waals surface area contributed by atoms with Crippen LogP contribution in [0, 0.1) is 6.92 Å². The van der Waals surface area contributed by atoms with Crippen LogP contribution >= 0.6 is 11.3 Å². The highest BCUT2D eigenvalue weighted by Gasteiger charge is 2.20. The van der Waals surface area contributed by atoms with Crippen molar-refractivity contribution in [2.24, 2.45) is 0 Å². The van der Waals surface area contributed by atoms with E-state index in [0.717, 1.165) is 20.8 Å². The highest BCUT2D eigenvalue weighted by atomic mass is 32.1. The second kappa shape index (κ2) is 8.71. The molecule has 8 heteroatoms. The van der Waals surface area contributed by atoms with Crippen LogP contribution < -0.4 is 9.64 Å². The van der Waals surface area contributed by atoms with E-state index in [2.05, 4.69) is 4.98 Å². The Hall–Kier alpha value is -3.13. The molecule has 0 saturated carbocycles. The van der Waals surface area contributed by atoms with Gasteiger partial charge in [-0.3, -0.25) is 4.79 Å². The number of amides is 1. The molecule has 0 fully saturated rings. The number of esters is 1. The first kappa shape index (κ1) is 19.6. The van der Waals surface area contributed by atoms with Crippen molar-refractivity contribution >= 4 is 39.3 Å². The molecule has 2 aromatic carbocycles. The first-order chi connectivity index (χ1) is 13.5. The van der Waals surface area contributed by atoms with Gasteiger partial charge in [-0.2, -0.15) is 0 Å². The number of ether oxygens (including phenoxy) is 3. The van der Waals surface area contributed by atoms with Gasteiger partial charge in [0.1, 0.15) is 17.4 Å².